The zero-order valence-corrected chi connectivity index (χ0v) is 13.8. The van der Waals surface area contributed by atoms with Crippen molar-refractivity contribution in [3.63, 3.8) is 0 Å². The molecule has 5 nitrogen and oxygen atoms in total. The highest BCUT2D eigenvalue weighted by Gasteiger charge is 2.28. The van der Waals surface area contributed by atoms with E-state index in [1.165, 1.54) is 12.8 Å². The van der Waals surface area contributed by atoms with Gasteiger partial charge >= 0.3 is 6.03 Å². The number of urea groups is 1. The standard InChI is InChI=1S/C18H26N2O3/c1-13-4-7-15(17(9-13)23-12-14-5-6-14)10-19-18(22)20-8-2-3-16(20)11-21/h4,7,9,14,16,21H,2-3,5-6,8,10-12H2,1H3,(H,19,22)/t16-/m0/s1. The Bertz CT molecular complexity index is 557. The van der Waals surface area contributed by atoms with Gasteiger partial charge in [0, 0.05) is 18.7 Å². The van der Waals surface area contributed by atoms with Crippen molar-refractivity contribution in [3.8, 4) is 5.75 Å². The van der Waals surface area contributed by atoms with Crippen LogP contribution in [0.2, 0.25) is 0 Å². The molecule has 0 aromatic heterocycles. The van der Waals surface area contributed by atoms with E-state index in [4.69, 9.17) is 4.74 Å². The van der Waals surface area contributed by atoms with Crippen molar-refractivity contribution in [1.29, 1.82) is 0 Å². The van der Waals surface area contributed by atoms with Crippen molar-refractivity contribution >= 4 is 6.03 Å². The average Bonchev–Trinajstić information content (AvgIpc) is 3.26. The highest BCUT2D eigenvalue weighted by Crippen LogP contribution is 2.30. The van der Waals surface area contributed by atoms with Crippen molar-refractivity contribution in [1.82, 2.24) is 10.2 Å². The Labute approximate surface area is 137 Å². The summed E-state index contributed by atoms with van der Waals surface area (Å²) in [6.45, 7) is 4.02. The predicted octanol–water partition coefficient (Wildman–Crippen LogP) is 2.45. The van der Waals surface area contributed by atoms with Gasteiger partial charge in [0.15, 0.2) is 0 Å². The van der Waals surface area contributed by atoms with E-state index in [9.17, 15) is 9.90 Å². The monoisotopic (exact) mass is 318 g/mol. The Morgan fingerprint density at radius 2 is 2.22 bits per heavy atom. The molecule has 0 bridgehead atoms. The van der Waals surface area contributed by atoms with Crippen LogP contribution in [0.3, 0.4) is 0 Å². The van der Waals surface area contributed by atoms with Gasteiger partial charge in [-0.1, -0.05) is 12.1 Å². The summed E-state index contributed by atoms with van der Waals surface area (Å²) < 4.78 is 5.94. The fraction of sp³-hybridized carbons (Fsp3) is 0.611. The van der Waals surface area contributed by atoms with Crippen molar-refractivity contribution in [2.75, 3.05) is 19.8 Å². The molecule has 1 atom stereocenters. The first-order valence-corrected chi connectivity index (χ1v) is 8.55. The molecule has 2 fully saturated rings. The van der Waals surface area contributed by atoms with E-state index in [-0.39, 0.29) is 18.7 Å². The van der Waals surface area contributed by atoms with E-state index in [0.717, 1.165) is 42.9 Å². The van der Waals surface area contributed by atoms with Crippen LogP contribution in [0.1, 0.15) is 36.8 Å². The van der Waals surface area contributed by atoms with Crippen LogP contribution >= 0.6 is 0 Å². The molecule has 126 valence electrons. The Morgan fingerprint density at radius 1 is 1.39 bits per heavy atom. The van der Waals surface area contributed by atoms with Gasteiger partial charge in [0.25, 0.3) is 0 Å². The number of carbonyl (C=O) groups is 1. The van der Waals surface area contributed by atoms with Gasteiger partial charge < -0.3 is 20.1 Å². The minimum absolute atomic E-state index is 0.0354. The van der Waals surface area contributed by atoms with Crippen LogP contribution < -0.4 is 10.1 Å². The number of aliphatic hydroxyl groups is 1. The predicted molar refractivity (Wildman–Crippen MR) is 88.4 cm³/mol. The second kappa shape index (κ2) is 7.21. The van der Waals surface area contributed by atoms with E-state index in [0.29, 0.717) is 12.5 Å². The molecule has 1 saturated heterocycles. The topological polar surface area (TPSA) is 61.8 Å². The number of nitrogens with one attached hydrogen (secondary N) is 1. The maximum Gasteiger partial charge on any atom is 0.317 e. The molecule has 1 aliphatic heterocycles. The summed E-state index contributed by atoms with van der Waals surface area (Å²) in [5.41, 5.74) is 2.16. The van der Waals surface area contributed by atoms with E-state index in [1.54, 1.807) is 4.90 Å². The number of amides is 2. The number of ether oxygens (including phenoxy) is 1. The molecule has 1 aromatic carbocycles. The number of nitrogens with zero attached hydrogens (tertiary/aromatic N) is 1. The molecule has 0 radical (unpaired) electrons. The summed E-state index contributed by atoms with van der Waals surface area (Å²) >= 11 is 0. The average molecular weight is 318 g/mol. The van der Waals surface area contributed by atoms with Crippen LogP contribution in [0.5, 0.6) is 5.75 Å². The summed E-state index contributed by atoms with van der Waals surface area (Å²) in [5.74, 6) is 1.57. The van der Waals surface area contributed by atoms with Gasteiger partial charge in [-0.05, 0) is 50.2 Å². The Kier molecular flexibility index (Phi) is 5.06. The molecule has 2 amide bonds. The number of carbonyl (C=O) groups excluding carboxylic acids is 1. The van der Waals surface area contributed by atoms with Gasteiger partial charge in [0.1, 0.15) is 5.75 Å². The van der Waals surface area contributed by atoms with E-state index in [1.807, 2.05) is 25.1 Å². The molecule has 3 rings (SSSR count). The zero-order chi connectivity index (χ0) is 16.2. The Hall–Kier alpha value is -1.75. The summed E-state index contributed by atoms with van der Waals surface area (Å²) in [7, 11) is 0. The summed E-state index contributed by atoms with van der Waals surface area (Å²) in [6, 6.07) is 5.95. The number of aryl methyl sites for hydroxylation is 1. The van der Waals surface area contributed by atoms with Gasteiger partial charge in [-0.2, -0.15) is 0 Å². The largest absolute Gasteiger partial charge is 0.493 e. The first-order valence-electron chi connectivity index (χ1n) is 8.55. The highest BCUT2D eigenvalue weighted by atomic mass is 16.5. The zero-order valence-electron chi connectivity index (χ0n) is 13.8. The first kappa shape index (κ1) is 16.1. The number of hydrogen-bond acceptors (Lipinski definition) is 3. The first-order chi connectivity index (χ1) is 11.2. The van der Waals surface area contributed by atoms with Crippen LogP contribution in [0, 0.1) is 12.8 Å². The maximum absolute atomic E-state index is 12.3. The summed E-state index contributed by atoms with van der Waals surface area (Å²) in [5, 5.41) is 12.3. The molecule has 23 heavy (non-hydrogen) atoms. The minimum atomic E-state index is -0.102. The third kappa shape index (κ3) is 4.16. The third-order valence-corrected chi connectivity index (χ3v) is 4.67. The lowest BCUT2D eigenvalue weighted by atomic mass is 10.1. The second-order valence-electron chi connectivity index (χ2n) is 6.70. The van der Waals surface area contributed by atoms with Gasteiger partial charge in [0.05, 0.1) is 19.3 Å². The number of aliphatic hydroxyl groups excluding tert-OH is 1. The molecule has 2 N–H and O–H groups in total. The molecule has 5 heteroatoms. The van der Waals surface area contributed by atoms with Crippen LogP contribution in [0.4, 0.5) is 4.79 Å². The van der Waals surface area contributed by atoms with E-state index < -0.39 is 0 Å². The van der Waals surface area contributed by atoms with Crippen LogP contribution in [0.25, 0.3) is 0 Å². The number of rotatable bonds is 6. The van der Waals surface area contributed by atoms with Crippen molar-refractivity contribution in [2.45, 2.75) is 45.2 Å². The lowest BCUT2D eigenvalue weighted by molar-refractivity contribution is 0.157. The minimum Gasteiger partial charge on any atom is -0.493 e. The highest BCUT2D eigenvalue weighted by molar-refractivity contribution is 5.75. The van der Waals surface area contributed by atoms with Gasteiger partial charge in [-0.25, -0.2) is 4.79 Å². The number of benzene rings is 1. The molecular weight excluding hydrogens is 292 g/mol. The normalized spacial score (nSPS) is 20.6. The second-order valence-corrected chi connectivity index (χ2v) is 6.70. The molecule has 1 aromatic rings. The lowest BCUT2D eigenvalue weighted by Crippen LogP contribution is -2.43. The summed E-state index contributed by atoms with van der Waals surface area (Å²) in [4.78, 5) is 14.0. The number of likely N-dealkylation sites (tertiary alicyclic amines) is 1. The van der Waals surface area contributed by atoms with Gasteiger partial charge in [0.2, 0.25) is 0 Å². The fourth-order valence-corrected chi connectivity index (χ4v) is 3.00. The van der Waals surface area contributed by atoms with Gasteiger partial charge in [-0.3, -0.25) is 0 Å². The molecule has 1 heterocycles. The van der Waals surface area contributed by atoms with Gasteiger partial charge in [-0.15, -0.1) is 0 Å². The van der Waals surface area contributed by atoms with Crippen molar-refractivity contribution in [3.05, 3.63) is 29.3 Å². The van der Waals surface area contributed by atoms with Crippen molar-refractivity contribution < 1.29 is 14.6 Å². The van der Waals surface area contributed by atoms with Crippen molar-refractivity contribution in [2.24, 2.45) is 5.92 Å². The quantitative estimate of drug-likeness (QED) is 0.847. The fourth-order valence-electron chi connectivity index (χ4n) is 3.00. The van der Waals surface area contributed by atoms with E-state index >= 15 is 0 Å². The molecule has 0 spiro atoms. The Balaban J connectivity index is 1.59. The molecular formula is C18H26N2O3. The number of hydrogen-bond donors (Lipinski definition) is 2. The molecule has 1 saturated carbocycles. The van der Waals surface area contributed by atoms with Crippen LogP contribution in [-0.4, -0.2) is 41.8 Å². The lowest BCUT2D eigenvalue weighted by Gasteiger charge is -2.23. The molecule has 2 aliphatic rings. The van der Waals surface area contributed by atoms with Crippen LogP contribution in [-0.2, 0) is 6.54 Å². The smallest absolute Gasteiger partial charge is 0.317 e. The molecule has 0 unspecified atom stereocenters. The summed E-state index contributed by atoms with van der Waals surface area (Å²) in [6.07, 6.45) is 4.36. The Morgan fingerprint density at radius 3 is 2.96 bits per heavy atom. The van der Waals surface area contributed by atoms with Crippen LogP contribution in [0.15, 0.2) is 18.2 Å². The molecule has 1 aliphatic carbocycles. The maximum atomic E-state index is 12.3. The SMILES string of the molecule is Cc1ccc(CNC(=O)N2CCC[C@H]2CO)c(OCC2CC2)c1. The third-order valence-electron chi connectivity index (χ3n) is 4.67. The van der Waals surface area contributed by atoms with E-state index in [2.05, 4.69) is 5.32 Å².